The number of hydrogen-bond acceptors (Lipinski definition) is 1. The van der Waals surface area contributed by atoms with Gasteiger partial charge in [-0.15, -0.1) is 6.42 Å². The first-order valence-electron chi connectivity index (χ1n) is 4.07. The van der Waals surface area contributed by atoms with E-state index in [2.05, 4.69) is 16.6 Å². The summed E-state index contributed by atoms with van der Waals surface area (Å²) >= 11 is 11.6. The highest BCUT2D eigenvalue weighted by atomic mass is 35.5. The number of hydrogen-bond donors (Lipinski definition) is 2. The van der Waals surface area contributed by atoms with Crippen molar-refractivity contribution < 1.29 is 4.79 Å². The van der Waals surface area contributed by atoms with Gasteiger partial charge in [0.2, 0.25) is 0 Å². The minimum atomic E-state index is -0.419. The van der Waals surface area contributed by atoms with Gasteiger partial charge >= 0.3 is 6.03 Å². The van der Waals surface area contributed by atoms with Crippen LogP contribution < -0.4 is 10.6 Å². The molecule has 0 heterocycles. The molecule has 0 aliphatic rings. The standard InChI is InChI=1S/C10H8Cl2N2O/c1-2-6-13-10(15)14-8-5-3-4-7(11)9(8)12/h1,3-5H,6H2,(H2,13,14,15). The highest BCUT2D eigenvalue weighted by Gasteiger charge is 2.06. The van der Waals surface area contributed by atoms with Gasteiger partial charge in [0.25, 0.3) is 0 Å². The monoisotopic (exact) mass is 242 g/mol. The Kier molecular flexibility index (Phi) is 4.29. The Bertz CT molecular complexity index is 412. The molecule has 0 unspecified atom stereocenters. The van der Waals surface area contributed by atoms with Crippen LogP contribution in [0.15, 0.2) is 18.2 Å². The number of urea groups is 1. The predicted octanol–water partition coefficient (Wildman–Crippen LogP) is 2.75. The van der Waals surface area contributed by atoms with Crippen LogP contribution in [0.2, 0.25) is 10.0 Å². The van der Waals surface area contributed by atoms with Crippen molar-refractivity contribution in [3.63, 3.8) is 0 Å². The molecule has 0 radical (unpaired) electrons. The number of anilines is 1. The number of terminal acetylenes is 1. The summed E-state index contributed by atoms with van der Waals surface area (Å²) in [5, 5.41) is 5.65. The van der Waals surface area contributed by atoms with Crippen LogP contribution in [-0.2, 0) is 0 Å². The molecule has 1 aromatic rings. The van der Waals surface area contributed by atoms with E-state index in [1.54, 1.807) is 18.2 Å². The molecule has 0 fully saturated rings. The molecule has 15 heavy (non-hydrogen) atoms. The van der Waals surface area contributed by atoms with Crippen molar-refractivity contribution in [2.75, 3.05) is 11.9 Å². The van der Waals surface area contributed by atoms with Crippen LogP contribution in [-0.4, -0.2) is 12.6 Å². The van der Waals surface area contributed by atoms with E-state index in [4.69, 9.17) is 29.6 Å². The Hall–Kier alpha value is -1.37. The summed E-state index contributed by atoms with van der Waals surface area (Å²) in [6.07, 6.45) is 4.98. The SMILES string of the molecule is C#CCNC(=O)Nc1cccc(Cl)c1Cl. The Morgan fingerprint density at radius 1 is 1.47 bits per heavy atom. The number of benzene rings is 1. The fourth-order valence-corrected chi connectivity index (χ4v) is 1.25. The fraction of sp³-hybridized carbons (Fsp3) is 0.100. The first-order chi connectivity index (χ1) is 7.15. The molecule has 0 aliphatic carbocycles. The van der Waals surface area contributed by atoms with Crippen molar-refractivity contribution in [3.05, 3.63) is 28.2 Å². The predicted molar refractivity (Wildman–Crippen MR) is 62.3 cm³/mol. The van der Waals surface area contributed by atoms with Crippen LogP contribution in [0.3, 0.4) is 0 Å². The summed E-state index contributed by atoms with van der Waals surface area (Å²) in [7, 11) is 0. The lowest BCUT2D eigenvalue weighted by Gasteiger charge is -2.07. The molecule has 1 aromatic carbocycles. The molecule has 0 atom stereocenters. The second-order valence-corrected chi connectivity index (χ2v) is 3.40. The van der Waals surface area contributed by atoms with Gasteiger partial charge in [-0.2, -0.15) is 0 Å². The lowest BCUT2D eigenvalue weighted by atomic mass is 10.3. The highest BCUT2D eigenvalue weighted by molar-refractivity contribution is 6.43. The maximum Gasteiger partial charge on any atom is 0.320 e. The Morgan fingerprint density at radius 3 is 2.87 bits per heavy atom. The quantitative estimate of drug-likeness (QED) is 0.770. The lowest BCUT2D eigenvalue weighted by Crippen LogP contribution is -2.28. The molecule has 2 amide bonds. The summed E-state index contributed by atoms with van der Waals surface area (Å²) in [4.78, 5) is 11.2. The summed E-state index contributed by atoms with van der Waals surface area (Å²) in [5.41, 5.74) is 0.443. The normalized spacial score (nSPS) is 9.13. The summed E-state index contributed by atoms with van der Waals surface area (Å²) in [5.74, 6) is 2.28. The van der Waals surface area contributed by atoms with Crippen LogP contribution in [0.25, 0.3) is 0 Å². The van der Waals surface area contributed by atoms with Gasteiger partial charge in [0.15, 0.2) is 0 Å². The van der Waals surface area contributed by atoms with Gasteiger partial charge in [0.05, 0.1) is 22.3 Å². The second kappa shape index (κ2) is 5.50. The van der Waals surface area contributed by atoms with Crippen molar-refractivity contribution in [3.8, 4) is 12.3 Å². The van der Waals surface area contributed by atoms with E-state index in [9.17, 15) is 4.79 Å². The van der Waals surface area contributed by atoms with Crippen molar-refractivity contribution in [2.24, 2.45) is 0 Å². The van der Waals surface area contributed by atoms with E-state index in [0.29, 0.717) is 15.7 Å². The molecule has 0 spiro atoms. The van der Waals surface area contributed by atoms with Gasteiger partial charge in [-0.25, -0.2) is 4.79 Å². The Morgan fingerprint density at radius 2 is 2.20 bits per heavy atom. The van der Waals surface area contributed by atoms with Crippen LogP contribution in [0.1, 0.15) is 0 Å². The third kappa shape index (κ3) is 3.35. The van der Waals surface area contributed by atoms with Gasteiger partial charge in [-0.1, -0.05) is 35.2 Å². The minimum absolute atomic E-state index is 0.157. The van der Waals surface area contributed by atoms with Crippen LogP contribution in [0.4, 0.5) is 10.5 Å². The third-order valence-electron chi connectivity index (χ3n) is 1.55. The van der Waals surface area contributed by atoms with Crippen LogP contribution in [0, 0.1) is 12.3 Å². The molecule has 3 nitrogen and oxygen atoms in total. The van der Waals surface area contributed by atoms with Crippen LogP contribution in [0.5, 0.6) is 0 Å². The van der Waals surface area contributed by atoms with Gasteiger partial charge < -0.3 is 10.6 Å². The lowest BCUT2D eigenvalue weighted by molar-refractivity contribution is 0.253. The molecule has 5 heteroatoms. The zero-order chi connectivity index (χ0) is 11.3. The van der Waals surface area contributed by atoms with E-state index in [0.717, 1.165) is 0 Å². The second-order valence-electron chi connectivity index (χ2n) is 2.61. The number of nitrogens with one attached hydrogen (secondary N) is 2. The van der Waals surface area contributed by atoms with Gasteiger partial charge in [-0.05, 0) is 12.1 Å². The molecule has 2 N–H and O–H groups in total. The van der Waals surface area contributed by atoms with E-state index >= 15 is 0 Å². The Labute approximate surface area is 97.8 Å². The molecular formula is C10H8Cl2N2O. The number of carbonyl (C=O) groups excluding carboxylic acids is 1. The zero-order valence-corrected chi connectivity index (χ0v) is 9.19. The van der Waals surface area contributed by atoms with E-state index in [1.165, 1.54) is 0 Å². The van der Waals surface area contributed by atoms with E-state index in [1.807, 2.05) is 0 Å². The third-order valence-corrected chi connectivity index (χ3v) is 2.37. The largest absolute Gasteiger partial charge is 0.327 e. The number of rotatable bonds is 2. The molecule has 0 bridgehead atoms. The fourth-order valence-electron chi connectivity index (χ4n) is 0.898. The summed E-state index contributed by atoms with van der Waals surface area (Å²) < 4.78 is 0. The maximum absolute atomic E-state index is 11.2. The number of halogens is 2. The Balaban J connectivity index is 2.69. The minimum Gasteiger partial charge on any atom is -0.327 e. The average molecular weight is 243 g/mol. The summed E-state index contributed by atoms with van der Waals surface area (Å²) in [6, 6.07) is 4.54. The first kappa shape index (κ1) is 11.7. The molecule has 0 aromatic heterocycles. The average Bonchev–Trinajstić information content (AvgIpc) is 2.22. The molecule has 1 rings (SSSR count). The number of carbonyl (C=O) groups is 1. The maximum atomic E-state index is 11.2. The topological polar surface area (TPSA) is 41.1 Å². The van der Waals surface area contributed by atoms with Crippen molar-refractivity contribution in [1.82, 2.24) is 5.32 Å². The van der Waals surface area contributed by atoms with Crippen molar-refractivity contribution in [2.45, 2.75) is 0 Å². The molecular weight excluding hydrogens is 235 g/mol. The van der Waals surface area contributed by atoms with Gasteiger partial charge in [0, 0.05) is 0 Å². The number of amides is 2. The molecule has 78 valence electrons. The highest BCUT2D eigenvalue weighted by Crippen LogP contribution is 2.29. The summed E-state index contributed by atoms with van der Waals surface area (Å²) in [6.45, 7) is 0.157. The van der Waals surface area contributed by atoms with Gasteiger partial charge in [-0.3, -0.25) is 0 Å². The molecule has 0 aliphatic heterocycles. The van der Waals surface area contributed by atoms with Crippen molar-refractivity contribution in [1.29, 1.82) is 0 Å². The zero-order valence-electron chi connectivity index (χ0n) is 7.68. The molecule has 0 saturated carbocycles. The molecule has 0 saturated heterocycles. The first-order valence-corrected chi connectivity index (χ1v) is 4.83. The van der Waals surface area contributed by atoms with E-state index < -0.39 is 6.03 Å². The van der Waals surface area contributed by atoms with Crippen LogP contribution >= 0.6 is 23.2 Å². The smallest absolute Gasteiger partial charge is 0.320 e. The van der Waals surface area contributed by atoms with E-state index in [-0.39, 0.29) is 6.54 Å². The van der Waals surface area contributed by atoms with Gasteiger partial charge in [0.1, 0.15) is 0 Å². The van der Waals surface area contributed by atoms with Crippen molar-refractivity contribution >= 4 is 34.9 Å².